The normalized spacial score (nSPS) is 22.0. The average molecular weight is 289 g/mol. The molecule has 2 N–H and O–H groups in total. The third-order valence-corrected chi connectivity index (χ3v) is 3.88. The van der Waals surface area contributed by atoms with Crippen LogP contribution in [0.5, 0.6) is 5.75 Å². The van der Waals surface area contributed by atoms with Crippen molar-refractivity contribution in [3.05, 3.63) is 29.8 Å². The number of phenols is 1. The monoisotopic (exact) mass is 289 g/mol. The van der Waals surface area contributed by atoms with Gasteiger partial charge in [0.1, 0.15) is 5.75 Å². The molecule has 1 aromatic carbocycles. The van der Waals surface area contributed by atoms with Gasteiger partial charge in [-0.1, -0.05) is 32.9 Å². The van der Waals surface area contributed by atoms with Crippen LogP contribution in [-0.2, 0) is 4.79 Å². The van der Waals surface area contributed by atoms with Gasteiger partial charge in [-0.15, -0.1) is 0 Å². The molecule has 0 aliphatic heterocycles. The molecule has 2 unspecified atom stereocenters. The third kappa shape index (κ3) is 4.48. The zero-order chi connectivity index (χ0) is 15.8. The zero-order valence-corrected chi connectivity index (χ0v) is 13.7. The molecule has 0 radical (unpaired) electrons. The number of benzene rings is 1. The highest BCUT2D eigenvalue weighted by molar-refractivity contribution is 5.83. The second-order valence-corrected chi connectivity index (χ2v) is 8.15. The molecule has 0 spiro atoms. The summed E-state index contributed by atoms with van der Waals surface area (Å²) >= 11 is 0. The summed E-state index contributed by atoms with van der Waals surface area (Å²) in [6, 6.07) is 7.19. The Kier molecular flexibility index (Phi) is 4.05. The second kappa shape index (κ2) is 5.36. The third-order valence-electron chi connectivity index (χ3n) is 3.88. The lowest BCUT2D eigenvalue weighted by molar-refractivity contribution is -0.124. The Morgan fingerprint density at radius 3 is 2.29 bits per heavy atom. The van der Waals surface area contributed by atoms with Crippen molar-refractivity contribution in [1.82, 2.24) is 5.32 Å². The van der Waals surface area contributed by atoms with E-state index in [0.717, 1.165) is 18.4 Å². The minimum absolute atomic E-state index is 0.0776. The molecule has 0 bridgehead atoms. The van der Waals surface area contributed by atoms with Gasteiger partial charge in [0.05, 0.1) is 0 Å². The van der Waals surface area contributed by atoms with Gasteiger partial charge in [-0.3, -0.25) is 4.79 Å². The van der Waals surface area contributed by atoms with E-state index in [9.17, 15) is 9.90 Å². The van der Waals surface area contributed by atoms with Crippen LogP contribution in [0.25, 0.3) is 0 Å². The molecule has 116 valence electrons. The topological polar surface area (TPSA) is 49.3 Å². The Bertz CT molecular complexity index is 511. The zero-order valence-electron chi connectivity index (χ0n) is 13.7. The predicted octanol–water partition coefficient (Wildman–Crippen LogP) is 3.83. The first-order chi connectivity index (χ1) is 9.57. The summed E-state index contributed by atoms with van der Waals surface area (Å²) in [6.07, 6.45) is 1.85. The molecule has 1 aliphatic rings. The lowest BCUT2D eigenvalue weighted by Crippen LogP contribution is -2.46. The SMILES string of the molecule is CC(C)(C)CC(C)(C)NC(=O)C1CC1c1ccc(O)cc1. The summed E-state index contributed by atoms with van der Waals surface area (Å²) in [5.74, 6) is 0.805. The first-order valence-electron chi connectivity index (χ1n) is 7.68. The van der Waals surface area contributed by atoms with E-state index in [1.807, 2.05) is 12.1 Å². The van der Waals surface area contributed by atoms with E-state index in [1.54, 1.807) is 12.1 Å². The molecule has 2 atom stereocenters. The largest absolute Gasteiger partial charge is 0.508 e. The average Bonchev–Trinajstić information content (AvgIpc) is 3.05. The molecule has 3 heteroatoms. The first kappa shape index (κ1) is 15.9. The molecule has 1 saturated carbocycles. The van der Waals surface area contributed by atoms with Gasteiger partial charge in [0.2, 0.25) is 5.91 Å². The Labute approximate surface area is 127 Å². The summed E-state index contributed by atoms with van der Waals surface area (Å²) in [6.45, 7) is 10.8. The van der Waals surface area contributed by atoms with E-state index in [0.29, 0.717) is 5.92 Å². The van der Waals surface area contributed by atoms with Crippen molar-refractivity contribution in [2.45, 2.75) is 58.9 Å². The van der Waals surface area contributed by atoms with Crippen LogP contribution in [0.3, 0.4) is 0 Å². The van der Waals surface area contributed by atoms with Crippen molar-refractivity contribution >= 4 is 5.91 Å². The molecule has 3 nitrogen and oxygen atoms in total. The highest BCUT2D eigenvalue weighted by Gasteiger charge is 2.45. The van der Waals surface area contributed by atoms with Crippen molar-refractivity contribution in [1.29, 1.82) is 0 Å². The summed E-state index contributed by atoms with van der Waals surface area (Å²) in [5.41, 5.74) is 1.15. The standard InChI is InChI=1S/C18H27NO2/c1-17(2,3)11-18(4,5)19-16(21)15-10-14(15)12-6-8-13(20)9-7-12/h6-9,14-15,20H,10-11H2,1-5H3,(H,19,21). The lowest BCUT2D eigenvalue weighted by Gasteiger charge is -2.33. The fourth-order valence-corrected chi connectivity index (χ4v) is 3.37. The van der Waals surface area contributed by atoms with Crippen LogP contribution in [-0.4, -0.2) is 16.6 Å². The fraction of sp³-hybridized carbons (Fsp3) is 0.611. The van der Waals surface area contributed by atoms with Gasteiger partial charge in [0, 0.05) is 11.5 Å². The van der Waals surface area contributed by atoms with Gasteiger partial charge in [0.25, 0.3) is 0 Å². The Morgan fingerprint density at radius 1 is 1.19 bits per heavy atom. The van der Waals surface area contributed by atoms with Crippen LogP contribution < -0.4 is 5.32 Å². The molecule has 1 aliphatic carbocycles. The molecule has 0 aromatic heterocycles. The number of hydrogen-bond donors (Lipinski definition) is 2. The highest BCUT2D eigenvalue weighted by Crippen LogP contribution is 2.48. The number of phenolic OH excluding ortho intramolecular Hbond substituents is 1. The Hall–Kier alpha value is -1.51. The quantitative estimate of drug-likeness (QED) is 0.885. The van der Waals surface area contributed by atoms with E-state index in [-0.39, 0.29) is 28.5 Å². The molecule has 0 heterocycles. The van der Waals surface area contributed by atoms with Crippen LogP contribution in [0.15, 0.2) is 24.3 Å². The van der Waals surface area contributed by atoms with Crippen LogP contribution >= 0.6 is 0 Å². The summed E-state index contributed by atoms with van der Waals surface area (Å²) < 4.78 is 0. The Balaban J connectivity index is 1.93. The number of amides is 1. The molecule has 0 saturated heterocycles. The maximum atomic E-state index is 12.4. The van der Waals surface area contributed by atoms with Crippen LogP contribution in [0.2, 0.25) is 0 Å². The van der Waals surface area contributed by atoms with Crippen molar-refractivity contribution in [2.24, 2.45) is 11.3 Å². The highest BCUT2D eigenvalue weighted by atomic mass is 16.3. The van der Waals surface area contributed by atoms with Gasteiger partial charge >= 0.3 is 0 Å². The smallest absolute Gasteiger partial charge is 0.224 e. The van der Waals surface area contributed by atoms with Crippen molar-refractivity contribution in [2.75, 3.05) is 0 Å². The van der Waals surface area contributed by atoms with Gasteiger partial charge in [0.15, 0.2) is 0 Å². The number of nitrogens with one attached hydrogen (secondary N) is 1. The van der Waals surface area contributed by atoms with Gasteiger partial charge in [-0.25, -0.2) is 0 Å². The molecular weight excluding hydrogens is 262 g/mol. The van der Waals surface area contributed by atoms with Gasteiger partial charge in [-0.2, -0.15) is 0 Å². The molecule has 1 amide bonds. The van der Waals surface area contributed by atoms with E-state index in [1.165, 1.54) is 0 Å². The predicted molar refractivity (Wildman–Crippen MR) is 85.2 cm³/mol. The number of carbonyl (C=O) groups excluding carboxylic acids is 1. The first-order valence-corrected chi connectivity index (χ1v) is 7.68. The summed E-state index contributed by atoms with van der Waals surface area (Å²) in [4.78, 5) is 12.4. The maximum absolute atomic E-state index is 12.4. The minimum atomic E-state index is -0.183. The maximum Gasteiger partial charge on any atom is 0.224 e. The summed E-state index contributed by atoms with van der Waals surface area (Å²) in [7, 11) is 0. The fourth-order valence-electron chi connectivity index (χ4n) is 3.37. The number of hydrogen-bond acceptors (Lipinski definition) is 2. The lowest BCUT2D eigenvalue weighted by atomic mass is 9.81. The van der Waals surface area contributed by atoms with E-state index in [2.05, 4.69) is 39.9 Å². The van der Waals surface area contributed by atoms with E-state index >= 15 is 0 Å². The van der Waals surface area contributed by atoms with E-state index in [4.69, 9.17) is 0 Å². The van der Waals surface area contributed by atoms with Gasteiger partial charge in [-0.05, 0) is 55.7 Å². The van der Waals surface area contributed by atoms with Crippen LogP contribution in [0, 0.1) is 11.3 Å². The van der Waals surface area contributed by atoms with E-state index < -0.39 is 0 Å². The minimum Gasteiger partial charge on any atom is -0.508 e. The van der Waals surface area contributed by atoms with Crippen molar-refractivity contribution < 1.29 is 9.90 Å². The molecule has 2 rings (SSSR count). The summed E-state index contributed by atoms with van der Waals surface area (Å²) in [5, 5.41) is 12.5. The second-order valence-electron chi connectivity index (χ2n) is 8.15. The van der Waals surface area contributed by atoms with Crippen molar-refractivity contribution in [3.63, 3.8) is 0 Å². The van der Waals surface area contributed by atoms with Crippen molar-refractivity contribution in [3.8, 4) is 5.75 Å². The van der Waals surface area contributed by atoms with Crippen LogP contribution in [0.4, 0.5) is 0 Å². The van der Waals surface area contributed by atoms with Crippen LogP contribution in [0.1, 0.15) is 58.9 Å². The molecular formula is C18H27NO2. The number of rotatable bonds is 4. The molecule has 1 aromatic rings. The molecule has 1 fully saturated rings. The molecule has 21 heavy (non-hydrogen) atoms. The van der Waals surface area contributed by atoms with Gasteiger partial charge < -0.3 is 10.4 Å². The number of carbonyl (C=O) groups is 1. The number of aromatic hydroxyl groups is 1. The Morgan fingerprint density at radius 2 is 1.76 bits per heavy atom.